The standard InChI is InChI=1S/C16H17F5N2O3/c1-2-26-16(25)8-4-3-5-23(6-8)7-9(24)22-15-13(20)11(18)10(17)12(19)14(15)21/h8H,2-7H2,1H3,(H,22,24)/t8-/m0/s1. The summed E-state index contributed by atoms with van der Waals surface area (Å²) in [6.45, 7) is 2.16. The lowest BCUT2D eigenvalue weighted by molar-refractivity contribution is -0.150. The zero-order valence-electron chi connectivity index (χ0n) is 13.9. The summed E-state index contributed by atoms with van der Waals surface area (Å²) < 4.78 is 71.4. The molecule has 0 aliphatic carbocycles. The number of hydrogen-bond acceptors (Lipinski definition) is 4. The van der Waals surface area contributed by atoms with Crippen molar-refractivity contribution in [2.24, 2.45) is 5.92 Å². The summed E-state index contributed by atoms with van der Waals surface area (Å²) >= 11 is 0. The molecular formula is C16H17F5N2O3. The number of carbonyl (C=O) groups is 2. The Balaban J connectivity index is 2.04. The highest BCUT2D eigenvalue weighted by Crippen LogP contribution is 2.27. The minimum Gasteiger partial charge on any atom is -0.466 e. The number of likely N-dealkylation sites (tertiary alicyclic amines) is 1. The first-order valence-electron chi connectivity index (χ1n) is 7.96. The molecule has 144 valence electrons. The van der Waals surface area contributed by atoms with Gasteiger partial charge in [0.2, 0.25) is 11.7 Å². The molecule has 1 aliphatic heterocycles. The third-order valence-corrected chi connectivity index (χ3v) is 3.97. The molecule has 5 nitrogen and oxygen atoms in total. The van der Waals surface area contributed by atoms with Crippen LogP contribution in [-0.2, 0) is 14.3 Å². The maximum atomic E-state index is 13.6. The number of esters is 1. The minimum absolute atomic E-state index is 0.198. The first kappa shape index (κ1) is 20.1. The Morgan fingerprint density at radius 1 is 1.08 bits per heavy atom. The molecule has 2 rings (SSSR count). The van der Waals surface area contributed by atoms with Gasteiger partial charge < -0.3 is 10.1 Å². The Morgan fingerprint density at radius 2 is 1.65 bits per heavy atom. The van der Waals surface area contributed by atoms with Gasteiger partial charge >= 0.3 is 5.97 Å². The largest absolute Gasteiger partial charge is 0.466 e. The van der Waals surface area contributed by atoms with Crippen LogP contribution in [0.15, 0.2) is 0 Å². The van der Waals surface area contributed by atoms with Crippen LogP contribution < -0.4 is 5.32 Å². The number of amides is 1. The molecular weight excluding hydrogens is 363 g/mol. The van der Waals surface area contributed by atoms with Gasteiger partial charge in [0.25, 0.3) is 0 Å². The maximum Gasteiger partial charge on any atom is 0.310 e. The fourth-order valence-corrected chi connectivity index (χ4v) is 2.75. The number of carbonyl (C=O) groups excluding carboxylic acids is 2. The lowest BCUT2D eigenvalue weighted by Gasteiger charge is -2.30. The molecule has 0 bridgehead atoms. The first-order chi connectivity index (χ1) is 12.3. The van der Waals surface area contributed by atoms with Crippen molar-refractivity contribution in [2.75, 3.05) is 31.6 Å². The van der Waals surface area contributed by atoms with Crippen molar-refractivity contribution in [1.82, 2.24) is 4.90 Å². The number of halogens is 5. The average Bonchev–Trinajstić information content (AvgIpc) is 2.62. The summed E-state index contributed by atoms with van der Waals surface area (Å²) in [7, 11) is 0. The summed E-state index contributed by atoms with van der Waals surface area (Å²) in [6.07, 6.45) is 1.17. The Hall–Kier alpha value is -2.23. The predicted molar refractivity (Wildman–Crippen MR) is 80.7 cm³/mol. The highest BCUT2D eigenvalue weighted by atomic mass is 19.2. The molecule has 1 atom stereocenters. The van der Waals surface area contributed by atoms with Crippen LogP contribution in [0.25, 0.3) is 0 Å². The van der Waals surface area contributed by atoms with Gasteiger partial charge in [-0.2, -0.15) is 0 Å². The third kappa shape index (κ3) is 4.29. The molecule has 26 heavy (non-hydrogen) atoms. The fourth-order valence-electron chi connectivity index (χ4n) is 2.75. The summed E-state index contributed by atoms with van der Waals surface area (Å²) in [5.74, 6) is -12.6. The van der Waals surface area contributed by atoms with E-state index in [0.29, 0.717) is 19.4 Å². The van der Waals surface area contributed by atoms with E-state index in [-0.39, 0.29) is 19.7 Å². The number of nitrogens with zero attached hydrogens (tertiary/aromatic N) is 1. The van der Waals surface area contributed by atoms with Crippen molar-refractivity contribution in [2.45, 2.75) is 19.8 Å². The van der Waals surface area contributed by atoms with Crippen molar-refractivity contribution >= 4 is 17.6 Å². The number of nitrogens with one attached hydrogen (secondary N) is 1. The second-order valence-electron chi connectivity index (χ2n) is 5.82. The average molecular weight is 380 g/mol. The number of anilines is 1. The monoisotopic (exact) mass is 380 g/mol. The molecule has 0 spiro atoms. The molecule has 10 heteroatoms. The molecule has 1 heterocycles. The highest BCUT2D eigenvalue weighted by molar-refractivity contribution is 5.92. The van der Waals surface area contributed by atoms with E-state index in [9.17, 15) is 31.5 Å². The van der Waals surface area contributed by atoms with Gasteiger partial charge in [0.05, 0.1) is 19.1 Å². The normalized spacial score (nSPS) is 17.8. The number of piperidine rings is 1. The van der Waals surface area contributed by atoms with E-state index in [2.05, 4.69) is 0 Å². The second-order valence-corrected chi connectivity index (χ2v) is 5.82. The summed E-state index contributed by atoms with van der Waals surface area (Å²) in [6, 6.07) is 0. The molecule has 0 radical (unpaired) electrons. The van der Waals surface area contributed by atoms with Crippen molar-refractivity contribution in [3.63, 3.8) is 0 Å². The van der Waals surface area contributed by atoms with Gasteiger partial charge in [-0.3, -0.25) is 14.5 Å². The van der Waals surface area contributed by atoms with Crippen LogP contribution in [0.1, 0.15) is 19.8 Å². The zero-order valence-corrected chi connectivity index (χ0v) is 13.9. The SMILES string of the molecule is CCOC(=O)[C@H]1CCCN(CC(=O)Nc2c(F)c(F)c(F)c(F)c2F)C1. The van der Waals surface area contributed by atoms with Crippen LogP contribution in [0.3, 0.4) is 0 Å². The van der Waals surface area contributed by atoms with Gasteiger partial charge in [-0.15, -0.1) is 0 Å². The molecule has 1 aromatic rings. The molecule has 1 fully saturated rings. The first-order valence-corrected chi connectivity index (χ1v) is 7.96. The molecule has 1 saturated heterocycles. The van der Waals surface area contributed by atoms with Crippen molar-refractivity contribution in [3.8, 4) is 0 Å². The van der Waals surface area contributed by atoms with Gasteiger partial charge in [0.15, 0.2) is 23.3 Å². The fraction of sp³-hybridized carbons (Fsp3) is 0.500. The zero-order chi connectivity index (χ0) is 19.4. The van der Waals surface area contributed by atoms with Crippen LogP contribution in [0.2, 0.25) is 0 Å². The van der Waals surface area contributed by atoms with E-state index < -0.39 is 52.6 Å². The Morgan fingerprint density at radius 3 is 2.23 bits per heavy atom. The summed E-state index contributed by atoms with van der Waals surface area (Å²) in [4.78, 5) is 25.3. The number of rotatable bonds is 5. The summed E-state index contributed by atoms with van der Waals surface area (Å²) in [5.41, 5.74) is -1.40. The van der Waals surface area contributed by atoms with Gasteiger partial charge in [0.1, 0.15) is 5.69 Å². The van der Waals surface area contributed by atoms with Gasteiger partial charge in [-0.05, 0) is 26.3 Å². The number of benzene rings is 1. The van der Waals surface area contributed by atoms with Gasteiger partial charge in [-0.25, -0.2) is 22.0 Å². The molecule has 1 aromatic carbocycles. The lowest BCUT2D eigenvalue weighted by Crippen LogP contribution is -2.43. The molecule has 0 saturated carbocycles. The van der Waals surface area contributed by atoms with Crippen LogP contribution >= 0.6 is 0 Å². The van der Waals surface area contributed by atoms with Gasteiger partial charge in [-0.1, -0.05) is 0 Å². The molecule has 1 amide bonds. The van der Waals surface area contributed by atoms with E-state index in [1.165, 1.54) is 0 Å². The molecule has 0 unspecified atom stereocenters. The smallest absolute Gasteiger partial charge is 0.310 e. The van der Waals surface area contributed by atoms with Crippen molar-refractivity contribution in [1.29, 1.82) is 0 Å². The van der Waals surface area contributed by atoms with E-state index >= 15 is 0 Å². The third-order valence-electron chi connectivity index (χ3n) is 3.97. The van der Waals surface area contributed by atoms with E-state index in [4.69, 9.17) is 4.74 Å². The maximum absolute atomic E-state index is 13.6. The van der Waals surface area contributed by atoms with Crippen LogP contribution in [-0.4, -0.2) is 43.0 Å². The molecule has 1 aliphatic rings. The second kappa shape index (κ2) is 8.43. The summed E-state index contributed by atoms with van der Waals surface area (Å²) in [5, 5.41) is 1.71. The minimum atomic E-state index is -2.30. The lowest BCUT2D eigenvalue weighted by atomic mass is 9.98. The van der Waals surface area contributed by atoms with E-state index in [1.54, 1.807) is 17.1 Å². The molecule has 0 aromatic heterocycles. The Bertz CT molecular complexity index is 685. The van der Waals surface area contributed by atoms with Crippen molar-refractivity contribution < 1.29 is 36.3 Å². The number of hydrogen-bond donors (Lipinski definition) is 1. The Labute approximate surface area is 146 Å². The highest BCUT2D eigenvalue weighted by Gasteiger charge is 2.30. The predicted octanol–water partition coefficient (Wildman–Crippen LogP) is 2.60. The quantitative estimate of drug-likeness (QED) is 0.369. The molecule has 1 N–H and O–H groups in total. The topological polar surface area (TPSA) is 58.6 Å². The van der Waals surface area contributed by atoms with Crippen LogP contribution in [0.5, 0.6) is 0 Å². The van der Waals surface area contributed by atoms with Crippen molar-refractivity contribution in [3.05, 3.63) is 29.1 Å². The number of ether oxygens (including phenoxy) is 1. The van der Waals surface area contributed by atoms with Gasteiger partial charge in [0, 0.05) is 6.54 Å². The van der Waals surface area contributed by atoms with E-state index in [1.807, 2.05) is 0 Å². The van der Waals surface area contributed by atoms with Crippen LogP contribution in [0.4, 0.5) is 27.6 Å². The van der Waals surface area contributed by atoms with E-state index in [0.717, 1.165) is 0 Å². The van der Waals surface area contributed by atoms with Crippen LogP contribution in [0, 0.1) is 35.0 Å². The Kier molecular flexibility index (Phi) is 6.52.